The van der Waals surface area contributed by atoms with Gasteiger partial charge in [-0.05, 0) is 23.6 Å². The average molecular weight is 375 g/mol. The zero-order valence-electron chi connectivity index (χ0n) is 14.4. The fraction of sp³-hybridized carbons (Fsp3) is 0.100. The maximum Gasteiger partial charge on any atom is 0.234 e. The van der Waals surface area contributed by atoms with Crippen molar-refractivity contribution in [1.29, 1.82) is 5.26 Å². The molecular formula is C20H17N5OS. The fourth-order valence-corrected chi connectivity index (χ4v) is 3.08. The van der Waals surface area contributed by atoms with E-state index in [4.69, 9.17) is 11.0 Å². The second-order valence-corrected chi connectivity index (χ2v) is 6.66. The van der Waals surface area contributed by atoms with Crippen molar-refractivity contribution in [1.82, 2.24) is 9.97 Å². The van der Waals surface area contributed by atoms with E-state index in [0.29, 0.717) is 5.16 Å². The summed E-state index contributed by atoms with van der Waals surface area (Å²) in [5, 5.41) is 12.1. The first-order chi connectivity index (χ1) is 13.2. The standard InChI is InChI=1S/C20H17N5OS/c21-11-16-12-23-20(25-19(16)22)27-13-18(26)24-17-9-5-4-8-15(17)10-14-6-2-1-3-7-14/h1-9,12H,10,13H2,(H,24,26)(H2,22,23,25). The largest absolute Gasteiger partial charge is 0.382 e. The third-order valence-electron chi connectivity index (χ3n) is 3.78. The quantitative estimate of drug-likeness (QED) is 0.506. The summed E-state index contributed by atoms with van der Waals surface area (Å²) in [4.78, 5) is 20.4. The molecule has 1 amide bonds. The Labute approximate surface area is 161 Å². The van der Waals surface area contributed by atoms with Crippen molar-refractivity contribution in [3.63, 3.8) is 0 Å². The van der Waals surface area contributed by atoms with E-state index >= 15 is 0 Å². The maximum absolute atomic E-state index is 12.3. The number of thioether (sulfide) groups is 1. The van der Waals surface area contributed by atoms with Crippen LogP contribution in [0.2, 0.25) is 0 Å². The van der Waals surface area contributed by atoms with Crippen LogP contribution in [0, 0.1) is 11.3 Å². The number of para-hydroxylation sites is 1. The number of hydrogen-bond donors (Lipinski definition) is 2. The Hall–Kier alpha value is -3.37. The van der Waals surface area contributed by atoms with Crippen molar-refractivity contribution in [2.45, 2.75) is 11.6 Å². The Morgan fingerprint density at radius 1 is 1.15 bits per heavy atom. The van der Waals surface area contributed by atoms with E-state index in [9.17, 15) is 4.79 Å². The van der Waals surface area contributed by atoms with Gasteiger partial charge in [0.05, 0.1) is 11.9 Å². The number of nitrogens with two attached hydrogens (primary N) is 1. The Morgan fingerprint density at radius 2 is 1.89 bits per heavy atom. The van der Waals surface area contributed by atoms with Gasteiger partial charge in [0.1, 0.15) is 17.5 Å². The number of carbonyl (C=O) groups excluding carboxylic acids is 1. The molecule has 1 heterocycles. The SMILES string of the molecule is N#Cc1cnc(SCC(=O)Nc2ccccc2Cc2ccccc2)nc1N. The summed E-state index contributed by atoms with van der Waals surface area (Å²) in [6.45, 7) is 0. The Morgan fingerprint density at radius 3 is 2.63 bits per heavy atom. The van der Waals surface area contributed by atoms with Crippen LogP contribution in [0.4, 0.5) is 11.5 Å². The van der Waals surface area contributed by atoms with Gasteiger partial charge in [0.25, 0.3) is 0 Å². The molecule has 0 radical (unpaired) electrons. The number of anilines is 2. The number of nitrogen functional groups attached to an aromatic ring is 1. The third kappa shape index (κ3) is 5.06. The van der Waals surface area contributed by atoms with Crippen molar-refractivity contribution in [3.05, 3.63) is 77.5 Å². The van der Waals surface area contributed by atoms with E-state index in [1.54, 1.807) is 0 Å². The number of nitrogens with one attached hydrogen (secondary N) is 1. The molecule has 0 saturated carbocycles. The number of benzene rings is 2. The number of rotatable bonds is 6. The predicted molar refractivity (Wildman–Crippen MR) is 106 cm³/mol. The monoisotopic (exact) mass is 375 g/mol. The summed E-state index contributed by atoms with van der Waals surface area (Å²) in [6, 6.07) is 19.7. The zero-order chi connectivity index (χ0) is 19.1. The molecule has 134 valence electrons. The summed E-state index contributed by atoms with van der Waals surface area (Å²) in [6.07, 6.45) is 2.09. The minimum atomic E-state index is -0.160. The lowest BCUT2D eigenvalue weighted by Gasteiger charge is -2.11. The van der Waals surface area contributed by atoms with Gasteiger partial charge >= 0.3 is 0 Å². The third-order valence-corrected chi connectivity index (χ3v) is 4.64. The highest BCUT2D eigenvalue weighted by Crippen LogP contribution is 2.21. The number of amides is 1. The second-order valence-electron chi connectivity index (χ2n) is 5.72. The lowest BCUT2D eigenvalue weighted by molar-refractivity contribution is -0.113. The van der Waals surface area contributed by atoms with Gasteiger partial charge in [-0.3, -0.25) is 4.79 Å². The highest BCUT2D eigenvalue weighted by Gasteiger charge is 2.10. The Bertz CT molecular complexity index is 985. The summed E-state index contributed by atoms with van der Waals surface area (Å²) in [5.41, 5.74) is 8.89. The van der Waals surface area contributed by atoms with E-state index < -0.39 is 0 Å². The smallest absolute Gasteiger partial charge is 0.234 e. The molecule has 7 heteroatoms. The molecule has 0 bridgehead atoms. The fourth-order valence-electron chi connectivity index (χ4n) is 2.46. The highest BCUT2D eigenvalue weighted by atomic mass is 32.2. The molecule has 0 saturated heterocycles. The molecule has 0 aliphatic carbocycles. The molecule has 27 heavy (non-hydrogen) atoms. The summed E-state index contributed by atoms with van der Waals surface area (Å²) in [7, 11) is 0. The number of nitrogens with zero attached hydrogens (tertiary/aromatic N) is 3. The molecule has 3 N–H and O–H groups in total. The van der Waals surface area contributed by atoms with Crippen LogP contribution >= 0.6 is 11.8 Å². The molecule has 2 aromatic carbocycles. The van der Waals surface area contributed by atoms with Crippen LogP contribution in [0.25, 0.3) is 0 Å². The number of nitriles is 1. The van der Waals surface area contributed by atoms with E-state index in [-0.39, 0.29) is 23.0 Å². The van der Waals surface area contributed by atoms with E-state index in [1.807, 2.05) is 48.5 Å². The van der Waals surface area contributed by atoms with Crippen LogP contribution in [-0.2, 0) is 11.2 Å². The van der Waals surface area contributed by atoms with E-state index in [2.05, 4.69) is 27.4 Å². The molecule has 0 fully saturated rings. The number of hydrogen-bond acceptors (Lipinski definition) is 6. The molecule has 0 aliphatic rings. The minimum Gasteiger partial charge on any atom is -0.382 e. The van der Waals surface area contributed by atoms with Gasteiger partial charge in [0.15, 0.2) is 5.16 Å². The molecular weight excluding hydrogens is 358 g/mol. The van der Waals surface area contributed by atoms with Crippen LogP contribution in [0.1, 0.15) is 16.7 Å². The first-order valence-corrected chi connectivity index (χ1v) is 9.21. The normalized spacial score (nSPS) is 10.2. The molecule has 0 aliphatic heterocycles. The molecule has 0 unspecified atom stereocenters. The summed E-state index contributed by atoms with van der Waals surface area (Å²) >= 11 is 1.17. The number of carbonyl (C=O) groups is 1. The van der Waals surface area contributed by atoms with Gasteiger partial charge < -0.3 is 11.1 Å². The zero-order valence-corrected chi connectivity index (χ0v) is 15.2. The maximum atomic E-state index is 12.3. The topological polar surface area (TPSA) is 105 Å². The molecule has 0 spiro atoms. The van der Waals surface area contributed by atoms with Gasteiger partial charge in [-0.2, -0.15) is 5.26 Å². The minimum absolute atomic E-state index is 0.114. The van der Waals surface area contributed by atoms with Crippen molar-refractivity contribution in [3.8, 4) is 6.07 Å². The van der Waals surface area contributed by atoms with Gasteiger partial charge in [0, 0.05) is 5.69 Å². The van der Waals surface area contributed by atoms with E-state index in [0.717, 1.165) is 17.7 Å². The number of aromatic nitrogens is 2. The van der Waals surface area contributed by atoms with Crippen LogP contribution < -0.4 is 11.1 Å². The van der Waals surface area contributed by atoms with Crippen molar-refractivity contribution in [2.75, 3.05) is 16.8 Å². The van der Waals surface area contributed by atoms with Crippen LogP contribution in [0.15, 0.2) is 66.0 Å². The first kappa shape index (κ1) is 18.4. The van der Waals surface area contributed by atoms with Gasteiger partial charge in [-0.1, -0.05) is 60.3 Å². The predicted octanol–water partition coefficient (Wildman–Crippen LogP) is 3.25. The lowest BCUT2D eigenvalue weighted by Crippen LogP contribution is -2.15. The Balaban J connectivity index is 1.63. The van der Waals surface area contributed by atoms with E-state index in [1.165, 1.54) is 23.5 Å². The molecule has 3 rings (SSSR count). The second kappa shape index (κ2) is 8.83. The first-order valence-electron chi connectivity index (χ1n) is 8.23. The highest BCUT2D eigenvalue weighted by molar-refractivity contribution is 7.99. The van der Waals surface area contributed by atoms with Crippen molar-refractivity contribution < 1.29 is 4.79 Å². The molecule has 1 aromatic heterocycles. The Kier molecular flexibility index (Phi) is 6.02. The summed E-state index contributed by atoms with van der Waals surface area (Å²) in [5.74, 6) is 0.0982. The lowest BCUT2D eigenvalue weighted by atomic mass is 10.0. The van der Waals surface area contributed by atoms with Crippen LogP contribution in [0.5, 0.6) is 0 Å². The van der Waals surface area contributed by atoms with Gasteiger partial charge in [-0.15, -0.1) is 0 Å². The molecule has 6 nitrogen and oxygen atoms in total. The molecule has 3 aromatic rings. The van der Waals surface area contributed by atoms with Crippen LogP contribution in [-0.4, -0.2) is 21.6 Å². The van der Waals surface area contributed by atoms with Gasteiger partial charge in [0.2, 0.25) is 5.91 Å². The summed E-state index contributed by atoms with van der Waals surface area (Å²) < 4.78 is 0. The molecule has 0 atom stereocenters. The average Bonchev–Trinajstić information content (AvgIpc) is 2.69. The van der Waals surface area contributed by atoms with Gasteiger partial charge in [-0.25, -0.2) is 9.97 Å². The van der Waals surface area contributed by atoms with Crippen molar-refractivity contribution >= 4 is 29.2 Å². The van der Waals surface area contributed by atoms with Crippen LogP contribution in [0.3, 0.4) is 0 Å². The van der Waals surface area contributed by atoms with Crippen molar-refractivity contribution in [2.24, 2.45) is 0 Å².